The molecule has 5 nitrogen and oxygen atoms in total. The normalized spacial score (nSPS) is 9.08. The zero-order valence-corrected chi connectivity index (χ0v) is 38.3. The van der Waals surface area contributed by atoms with Crippen LogP contribution in [0.25, 0.3) is 32.3 Å². The first kappa shape index (κ1) is 54.5. The molecule has 61 heavy (non-hydrogen) atoms. The van der Waals surface area contributed by atoms with E-state index in [9.17, 15) is 0 Å². The summed E-state index contributed by atoms with van der Waals surface area (Å²) in [5, 5.41) is 51.6. The first-order chi connectivity index (χ1) is 29.3. The quantitative estimate of drug-likeness (QED) is 0.105. The van der Waals surface area contributed by atoms with Crippen molar-refractivity contribution in [3.05, 3.63) is 187 Å². The van der Waals surface area contributed by atoms with Gasteiger partial charge in [-0.05, 0) is 107 Å². The zero-order valence-electron chi connectivity index (χ0n) is 38.3. The van der Waals surface area contributed by atoms with Crippen LogP contribution in [0.5, 0.6) is 28.7 Å². The van der Waals surface area contributed by atoms with Crippen molar-refractivity contribution in [2.45, 2.75) is 94.9 Å². The molecular weight excluding hydrogens is 753 g/mol. The van der Waals surface area contributed by atoms with Crippen LogP contribution in [0.4, 0.5) is 0 Å². The van der Waals surface area contributed by atoms with E-state index in [0.717, 1.165) is 32.3 Å². The molecule has 8 aromatic carbocycles. The predicted molar refractivity (Wildman–Crippen MR) is 266 cm³/mol. The average molecular weight is 825 g/mol. The summed E-state index contributed by atoms with van der Waals surface area (Å²) in [5.41, 5.74) is 2.34. The van der Waals surface area contributed by atoms with Crippen molar-refractivity contribution in [1.82, 2.24) is 0 Å². The summed E-state index contributed by atoms with van der Waals surface area (Å²) in [6.45, 7) is 21.0. The number of phenolic OH excluding ortho intramolecular Hbond substituents is 5. The van der Waals surface area contributed by atoms with Crippen molar-refractivity contribution in [2.75, 3.05) is 0 Å². The SMILES string of the molecule is CCC.CCC.CCC.CCC.Cc1ccc(O)cc1.Cc1ccc(O)cc1.Oc1ccc2ccccc2c1.Oc1ccc2ccccc2c1.Oc1ccc2ccccc2c1. The first-order valence-electron chi connectivity index (χ1n) is 21.4. The Bertz CT molecular complexity index is 1990. The van der Waals surface area contributed by atoms with Crippen molar-refractivity contribution in [3.63, 3.8) is 0 Å². The van der Waals surface area contributed by atoms with Crippen molar-refractivity contribution in [3.8, 4) is 28.7 Å². The van der Waals surface area contributed by atoms with Crippen LogP contribution in [0.3, 0.4) is 0 Å². The Balaban J connectivity index is 0.000000696. The molecule has 0 aromatic heterocycles. The Hall–Kier alpha value is -6.46. The number of aryl methyl sites for hydroxylation is 2. The second-order valence-electron chi connectivity index (χ2n) is 14.1. The summed E-state index contributed by atoms with van der Waals surface area (Å²) in [5.74, 6) is 1.63. The number of hydrogen-bond acceptors (Lipinski definition) is 5. The minimum atomic E-state index is 0.323. The van der Waals surface area contributed by atoms with Crippen LogP contribution in [0.1, 0.15) is 92.2 Å². The lowest BCUT2D eigenvalue weighted by Crippen LogP contribution is -1.69. The molecule has 0 saturated heterocycles. The van der Waals surface area contributed by atoms with Crippen LogP contribution < -0.4 is 0 Å². The highest BCUT2D eigenvalue weighted by Crippen LogP contribution is 2.20. The summed E-state index contributed by atoms with van der Waals surface area (Å²) in [6, 6.07) is 54.1. The summed E-state index contributed by atoms with van der Waals surface area (Å²) in [4.78, 5) is 0. The molecule has 0 saturated carbocycles. The number of aromatic hydroxyl groups is 5. The Labute approximate surface area is 367 Å². The number of hydrogen-bond donors (Lipinski definition) is 5. The molecule has 5 N–H and O–H groups in total. The van der Waals surface area contributed by atoms with Gasteiger partial charge in [-0.25, -0.2) is 0 Å². The number of phenols is 5. The maximum Gasteiger partial charge on any atom is 0.116 e. The minimum Gasteiger partial charge on any atom is -0.508 e. The van der Waals surface area contributed by atoms with E-state index in [4.69, 9.17) is 25.5 Å². The topological polar surface area (TPSA) is 101 Å². The Kier molecular flexibility index (Phi) is 30.8. The van der Waals surface area contributed by atoms with Gasteiger partial charge in [-0.2, -0.15) is 0 Å². The highest BCUT2D eigenvalue weighted by molar-refractivity contribution is 5.85. The van der Waals surface area contributed by atoms with Crippen LogP contribution in [0.2, 0.25) is 0 Å². The molecule has 0 heterocycles. The summed E-state index contributed by atoms with van der Waals surface area (Å²) in [6.07, 6.45) is 5.00. The molecule has 0 fully saturated rings. The van der Waals surface area contributed by atoms with Gasteiger partial charge in [0.25, 0.3) is 0 Å². The maximum absolute atomic E-state index is 9.13. The third kappa shape index (κ3) is 26.3. The molecule has 326 valence electrons. The fraction of sp³-hybridized carbons (Fsp3) is 0.250. The van der Waals surface area contributed by atoms with E-state index < -0.39 is 0 Å². The molecule has 5 heteroatoms. The van der Waals surface area contributed by atoms with E-state index in [1.54, 1.807) is 60.7 Å². The molecule has 0 aliphatic carbocycles. The van der Waals surface area contributed by atoms with Crippen LogP contribution in [-0.4, -0.2) is 25.5 Å². The third-order valence-electron chi connectivity index (χ3n) is 7.27. The molecule has 8 rings (SSSR count). The summed E-state index contributed by atoms with van der Waals surface area (Å²) >= 11 is 0. The first-order valence-corrected chi connectivity index (χ1v) is 21.4. The average Bonchev–Trinajstić information content (AvgIpc) is 3.25. The highest BCUT2D eigenvalue weighted by atomic mass is 16.3. The molecule has 8 aromatic rings. The van der Waals surface area contributed by atoms with E-state index in [2.05, 4.69) is 55.4 Å². The summed E-state index contributed by atoms with van der Waals surface area (Å²) in [7, 11) is 0. The Morgan fingerprint density at radius 3 is 0.623 bits per heavy atom. The van der Waals surface area contributed by atoms with Crippen molar-refractivity contribution in [1.29, 1.82) is 0 Å². The van der Waals surface area contributed by atoms with E-state index in [0.29, 0.717) is 28.7 Å². The molecule has 0 spiro atoms. The minimum absolute atomic E-state index is 0.323. The second-order valence-corrected chi connectivity index (χ2v) is 14.1. The van der Waals surface area contributed by atoms with Crippen LogP contribution in [0.15, 0.2) is 176 Å². The predicted octanol–water partition coefficient (Wildman–Crippen LogP) is 16.7. The Morgan fingerprint density at radius 2 is 0.426 bits per heavy atom. The number of fused-ring (bicyclic) bond motifs is 3. The van der Waals surface area contributed by atoms with Gasteiger partial charge in [0, 0.05) is 0 Å². The van der Waals surface area contributed by atoms with Crippen molar-refractivity contribution < 1.29 is 25.5 Å². The molecule has 0 aliphatic heterocycles. The van der Waals surface area contributed by atoms with Crippen molar-refractivity contribution in [2.24, 2.45) is 0 Å². The molecular formula is C56H72O5. The largest absolute Gasteiger partial charge is 0.508 e. The molecule has 0 aliphatic rings. The lowest BCUT2D eigenvalue weighted by atomic mass is 10.1. The van der Waals surface area contributed by atoms with Gasteiger partial charge in [0.15, 0.2) is 0 Å². The van der Waals surface area contributed by atoms with Crippen LogP contribution in [-0.2, 0) is 0 Å². The number of benzene rings is 8. The van der Waals surface area contributed by atoms with Gasteiger partial charge in [-0.15, -0.1) is 0 Å². The fourth-order valence-electron chi connectivity index (χ4n) is 4.62. The van der Waals surface area contributed by atoms with E-state index in [1.165, 1.54) is 36.8 Å². The molecule has 0 radical (unpaired) electrons. The fourth-order valence-corrected chi connectivity index (χ4v) is 4.62. The van der Waals surface area contributed by atoms with E-state index in [-0.39, 0.29) is 0 Å². The zero-order chi connectivity index (χ0) is 45.8. The Morgan fingerprint density at radius 1 is 0.246 bits per heavy atom. The highest BCUT2D eigenvalue weighted by Gasteiger charge is 1.93. The van der Waals surface area contributed by atoms with Gasteiger partial charge in [0.05, 0.1) is 0 Å². The van der Waals surface area contributed by atoms with Gasteiger partial charge in [-0.3, -0.25) is 0 Å². The van der Waals surface area contributed by atoms with Crippen molar-refractivity contribution >= 4 is 32.3 Å². The molecule has 0 atom stereocenters. The van der Waals surface area contributed by atoms with Gasteiger partial charge in [-0.1, -0.05) is 207 Å². The van der Waals surface area contributed by atoms with Crippen LogP contribution >= 0.6 is 0 Å². The lowest BCUT2D eigenvalue weighted by Gasteiger charge is -1.96. The van der Waals surface area contributed by atoms with Gasteiger partial charge >= 0.3 is 0 Å². The van der Waals surface area contributed by atoms with E-state index >= 15 is 0 Å². The maximum atomic E-state index is 9.13. The molecule has 0 amide bonds. The molecule has 0 unspecified atom stereocenters. The number of rotatable bonds is 0. The standard InChI is InChI=1S/3C10H8O.2C7H8O.4C3H8/c3*11-10-6-5-8-3-1-2-4-9(8)7-10;2*1-6-2-4-7(8)5-3-6;4*1-3-2/h3*1-7,11H;2*2-5,8H,1H3;4*3H2,1-2H3. The lowest BCUT2D eigenvalue weighted by molar-refractivity contribution is 0.474. The second kappa shape index (κ2) is 34.4. The van der Waals surface area contributed by atoms with Gasteiger partial charge in [0.2, 0.25) is 0 Å². The molecule has 0 bridgehead atoms. The van der Waals surface area contributed by atoms with E-state index in [1.807, 2.05) is 129 Å². The summed E-state index contributed by atoms with van der Waals surface area (Å²) < 4.78 is 0. The monoisotopic (exact) mass is 825 g/mol. The third-order valence-corrected chi connectivity index (χ3v) is 7.27. The van der Waals surface area contributed by atoms with Crippen LogP contribution in [0, 0.1) is 13.8 Å². The smallest absolute Gasteiger partial charge is 0.116 e. The van der Waals surface area contributed by atoms with Gasteiger partial charge < -0.3 is 25.5 Å². The van der Waals surface area contributed by atoms with Gasteiger partial charge in [0.1, 0.15) is 28.7 Å².